The molecule has 1 atom stereocenters. The number of ether oxygens (including phenoxy) is 1. The highest BCUT2D eigenvalue weighted by molar-refractivity contribution is 5.80. The second-order valence-electron chi connectivity index (χ2n) is 6.11. The van der Waals surface area contributed by atoms with Crippen LogP contribution < -0.4 is 5.32 Å². The zero-order chi connectivity index (χ0) is 16.4. The molecule has 2 heterocycles. The van der Waals surface area contributed by atoms with E-state index in [4.69, 9.17) is 9.84 Å². The molecule has 8 nitrogen and oxygen atoms in total. The van der Waals surface area contributed by atoms with Gasteiger partial charge in [0, 0.05) is 20.2 Å². The SMILES string of the molecule is COCCn1ncc2c1C(NC(=O)N1CC(C(=O)O)C1)CCC2. The van der Waals surface area contributed by atoms with Gasteiger partial charge in [-0.3, -0.25) is 9.48 Å². The Morgan fingerprint density at radius 1 is 1.48 bits per heavy atom. The lowest BCUT2D eigenvalue weighted by Gasteiger charge is -2.38. The van der Waals surface area contributed by atoms with Crippen LogP contribution in [-0.2, 0) is 22.5 Å². The maximum atomic E-state index is 12.3. The Morgan fingerprint density at radius 2 is 2.26 bits per heavy atom. The summed E-state index contributed by atoms with van der Waals surface area (Å²) >= 11 is 0. The number of nitrogens with one attached hydrogen (secondary N) is 1. The predicted molar refractivity (Wildman–Crippen MR) is 81.0 cm³/mol. The number of methoxy groups -OCH3 is 1. The number of carbonyl (C=O) groups excluding carboxylic acids is 1. The van der Waals surface area contributed by atoms with Crippen LogP contribution in [0.25, 0.3) is 0 Å². The van der Waals surface area contributed by atoms with E-state index in [9.17, 15) is 9.59 Å². The first-order valence-electron chi connectivity index (χ1n) is 7.92. The standard InChI is InChI=1S/C15H22N4O4/c1-23-6-5-19-13-10(7-16-19)3-2-4-12(13)17-15(22)18-8-11(9-18)14(20)21/h7,11-12H,2-6,8-9H2,1H3,(H,17,22)(H,20,21). The number of aryl methyl sites for hydroxylation is 1. The minimum Gasteiger partial charge on any atom is -0.481 e. The largest absolute Gasteiger partial charge is 0.481 e. The molecule has 0 spiro atoms. The lowest BCUT2D eigenvalue weighted by molar-refractivity contribution is -0.146. The van der Waals surface area contributed by atoms with E-state index in [2.05, 4.69) is 10.4 Å². The number of aromatic nitrogens is 2. The normalized spacial score (nSPS) is 20.7. The fraction of sp³-hybridized carbons (Fsp3) is 0.667. The third-order valence-electron chi connectivity index (χ3n) is 4.55. The molecule has 1 aromatic rings. The van der Waals surface area contributed by atoms with Crippen molar-refractivity contribution in [2.75, 3.05) is 26.8 Å². The zero-order valence-corrected chi connectivity index (χ0v) is 13.2. The highest BCUT2D eigenvalue weighted by Gasteiger charge is 2.37. The fourth-order valence-corrected chi connectivity index (χ4v) is 3.20. The lowest BCUT2D eigenvalue weighted by Crippen LogP contribution is -2.56. The smallest absolute Gasteiger partial charge is 0.317 e. The van der Waals surface area contributed by atoms with Crippen molar-refractivity contribution in [3.8, 4) is 0 Å². The quantitative estimate of drug-likeness (QED) is 0.829. The molecule has 0 bridgehead atoms. The van der Waals surface area contributed by atoms with Crippen LogP contribution in [0.1, 0.15) is 30.1 Å². The average molecular weight is 322 g/mol. The van der Waals surface area contributed by atoms with Crippen molar-refractivity contribution >= 4 is 12.0 Å². The van der Waals surface area contributed by atoms with E-state index < -0.39 is 11.9 Å². The van der Waals surface area contributed by atoms with Crippen molar-refractivity contribution in [3.05, 3.63) is 17.5 Å². The van der Waals surface area contributed by atoms with E-state index in [0.29, 0.717) is 13.2 Å². The van der Waals surface area contributed by atoms with Crippen LogP contribution in [0, 0.1) is 5.92 Å². The van der Waals surface area contributed by atoms with E-state index in [1.54, 1.807) is 12.0 Å². The molecule has 126 valence electrons. The second-order valence-corrected chi connectivity index (χ2v) is 6.11. The second kappa shape index (κ2) is 6.57. The number of carbonyl (C=O) groups is 2. The molecular formula is C15H22N4O4. The van der Waals surface area contributed by atoms with Crippen LogP contribution >= 0.6 is 0 Å². The number of hydrogen-bond acceptors (Lipinski definition) is 4. The van der Waals surface area contributed by atoms with Crippen molar-refractivity contribution < 1.29 is 19.4 Å². The highest BCUT2D eigenvalue weighted by atomic mass is 16.5. The molecule has 1 saturated heterocycles. The minimum atomic E-state index is -0.841. The molecule has 8 heteroatoms. The molecule has 0 aromatic carbocycles. The molecule has 0 saturated carbocycles. The summed E-state index contributed by atoms with van der Waals surface area (Å²) in [5.41, 5.74) is 2.22. The molecule has 2 aliphatic rings. The molecule has 1 unspecified atom stereocenters. The summed E-state index contributed by atoms with van der Waals surface area (Å²) in [6.45, 7) is 1.79. The number of amides is 2. The number of hydrogen-bond donors (Lipinski definition) is 2. The first kappa shape index (κ1) is 15.8. The monoisotopic (exact) mass is 322 g/mol. The average Bonchev–Trinajstić information content (AvgIpc) is 2.87. The van der Waals surface area contributed by atoms with Crippen LogP contribution in [0.3, 0.4) is 0 Å². The fourth-order valence-electron chi connectivity index (χ4n) is 3.20. The third kappa shape index (κ3) is 3.17. The van der Waals surface area contributed by atoms with Gasteiger partial charge in [-0.1, -0.05) is 0 Å². The van der Waals surface area contributed by atoms with Gasteiger partial charge in [0.1, 0.15) is 0 Å². The van der Waals surface area contributed by atoms with Crippen LogP contribution in [0.2, 0.25) is 0 Å². The van der Waals surface area contributed by atoms with Crippen LogP contribution in [-0.4, -0.2) is 58.6 Å². The van der Waals surface area contributed by atoms with Gasteiger partial charge in [0.2, 0.25) is 0 Å². The van der Waals surface area contributed by atoms with Gasteiger partial charge in [-0.25, -0.2) is 4.79 Å². The van der Waals surface area contributed by atoms with Gasteiger partial charge in [0.25, 0.3) is 0 Å². The number of carboxylic acid groups (broad SMARTS) is 1. The predicted octanol–water partition coefficient (Wildman–Crippen LogP) is 0.633. The summed E-state index contributed by atoms with van der Waals surface area (Å²) in [5, 5.41) is 16.3. The summed E-state index contributed by atoms with van der Waals surface area (Å²) < 4.78 is 7.01. The summed E-state index contributed by atoms with van der Waals surface area (Å²) in [5.74, 6) is -1.28. The summed E-state index contributed by atoms with van der Waals surface area (Å²) in [6.07, 6.45) is 4.71. The number of rotatable bonds is 5. The Balaban J connectivity index is 1.65. The number of aliphatic carboxylic acids is 1. The number of likely N-dealkylation sites (tertiary alicyclic amines) is 1. The van der Waals surface area contributed by atoms with Gasteiger partial charge in [0.15, 0.2) is 0 Å². The number of nitrogens with zero attached hydrogens (tertiary/aromatic N) is 3. The molecule has 0 radical (unpaired) electrons. The van der Waals surface area contributed by atoms with Crippen molar-refractivity contribution in [3.63, 3.8) is 0 Å². The Morgan fingerprint density at radius 3 is 2.96 bits per heavy atom. The van der Waals surface area contributed by atoms with E-state index >= 15 is 0 Å². The minimum absolute atomic E-state index is 0.0746. The molecule has 3 rings (SSSR count). The molecule has 2 N–H and O–H groups in total. The number of urea groups is 1. The first-order chi connectivity index (χ1) is 11.1. The zero-order valence-electron chi connectivity index (χ0n) is 13.2. The van der Waals surface area contributed by atoms with Gasteiger partial charge in [0.05, 0.1) is 37.0 Å². The maximum Gasteiger partial charge on any atom is 0.317 e. The van der Waals surface area contributed by atoms with Crippen molar-refractivity contribution in [1.29, 1.82) is 0 Å². The molecule has 1 aliphatic carbocycles. The van der Waals surface area contributed by atoms with Gasteiger partial charge in [-0.05, 0) is 24.8 Å². The highest BCUT2D eigenvalue weighted by Crippen LogP contribution is 2.30. The summed E-state index contributed by atoms with van der Waals surface area (Å²) in [6, 6.07) is -0.269. The van der Waals surface area contributed by atoms with E-state index in [0.717, 1.165) is 25.0 Å². The Labute approximate surface area is 134 Å². The van der Waals surface area contributed by atoms with Gasteiger partial charge in [-0.15, -0.1) is 0 Å². The molecular weight excluding hydrogens is 300 g/mol. The molecule has 23 heavy (non-hydrogen) atoms. The van der Waals surface area contributed by atoms with Crippen LogP contribution in [0.5, 0.6) is 0 Å². The van der Waals surface area contributed by atoms with E-state index in [1.807, 2.05) is 10.9 Å². The van der Waals surface area contributed by atoms with Crippen LogP contribution in [0.4, 0.5) is 4.79 Å². The number of fused-ring (bicyclic) bond motifs is 1. The van der Waals surface area contributed by atoms with E-state index in [-0.39, 0.29) is 25.2 Å². The van der Waals surface area contributed by atoms with Crippen molar-refractivity contribution in [2.24, 2.45) is 5.92 Å². The van der Waals surface area contributed by atoms with E-state index in [1.165, 1.54) is 5.56 Å². The topological polar surface area (TPSA) is 96.7 Å². The molecule has 1 aromatic heterocycles. The van der Waals surface area contributed by atoms with Gasteiger partial charge in [-0.2, -0.15) is 5.10 Å². The molecule has 1 fully saturated rings. The molecule has 1 aliphatic heterocycles. The summed E-state index contributed by atoms with van der Waals surface area (Å²) in [7, 11) is 1.65. The van der Waals surface area contributed by atoms with Crippen LogP contribution in [0.15, 0.2) is 6.20 Å². The Bertz CT molecular complexity index is 594. The third-order valence-corrected chi connectivity index (χ3v) is 4.55. The van der Waals surface area contributed by atoms with Gasteiger partial charge >= 0.3 is 12.0 Å². The molecule has 2 amide bonds. The Hall–Kier alpha value is -2.09. The van der Waals surface area contributed by atoms with Crippen molar-refractivity contribution in [1.82, 2.24) is 20.0 Å². The lowest BCUT2D eigenvalue weighted by atomic mass is 9.93. The van der Waals surface area contributed by atoms with Gasteiger partial charge < -0.3 is 20.1 Å². The van der Waals surface area contributed by atoms with Crippen molar-refractivity contribution in [2.45, 2.75) is 31.8 Å². The Kier molecular flexibility index (Phi) is 4.51. The maximum absolute atomic E-state index is 12.3. The first-order valence-corrected chi connectivity index (χ1v) is 7.92. The number of carboxylic acids is 1. The summed E-state index contributed by atoms with van der Waals surface area (Å²) in [4.78, 5) is 24.7.